The molecule has 0 saturated carbocycles. The molecule has 0 aliphatic rings. The molecule has 20 heavy (non-hydrogen) atoms. The van der Waals surface area contributed by atoms with Crippen molar-refractivity contribution in [3.05, 3.63) is 63.8 Å². The first-order chi connectivity index (χ1) is 9.59. The van der Waals surface area contributed by atoms with Gasteiger partial charge < -0.3 is 10.2 Å². The largest absolute Gasteiger partial charge is 0.453 e. The van der Waals surface area contributed by atoms with Gasteiger partial charge in [0.05, 0.1) is 11.1 Å². The van der Waals surface area contributed by atoms with E-state index in [9.17, 15) is 4.79 Å². The quantitative estimate of drug-likeness (QED) is 0.683. The van der Waals surface area contributed by atoms with E-state index in [-0.39, 0.29) is 5.43 Å². The maximum atomic E-state index is 12.6. The highest BCUT2D eigenvalue weighted by atomic mass is 16.3. The van der Waals surface area contributed by atoms with Gasteiger partial charge in [0, 0.05) is 11.1 Å². The number of anilines is 1. The van der Waals surface area contributed by atoms with Gasteiger partial charge in [-0.15, -0.1) is 0 Å². The molecule has 0 fully saturated rings. The van der Waals surface area contributed by atoms with Crippen LogP contribution in [0.2, 0.25) is 0 Å². The van der Waals surface area contributed by atoms with Gasteiger partial charge in [0.15, 0.2) is 11.0 Å². The lowest BCUT2D eigenvalue weighted by Crippen LogP contribution is -2.09. The molecule has 0 spiro atoms. The Morgan fingerprint density at radius 1 is 1.00 bits per heavy atom. The summed E-state index contributed by atoms with van der Waals surface area (Å²) < 4.78 is 5.95. The third kappa shape index (κ3) is 1.79. The van der Waals surface area contributed by atoms with Crippen LogP contribution in [-0.4, -0.2) is 0 Å². The highest BCUT2D eigenvalue weighted by molar-refractivity contribution is 5.91. The smallest absolute Gasteiger partial charge is 0.196 e. The number of nitrogens with two attached hydrogens (primary N) is 1. The van der Waals surface area contributed by atoms with Crippen LogP contribution in [0.4, 0.5) is 5.69 Å². The lowest BCUT2D eigenvalue weighted by atomic mass is 10.0. The van der Waals surface area contributed by atoms with Crippen molar-refractivity contribution in [2.45, 2.75) is 13.8 Å². The number of hydrogen-bond acceptors (Lipinski definition) is 3. The molecule has 0 saturated heterocycles. The Bertz CT molecular complexity index is 848. The van der Waals surface area contributed by atoms with Crippen LogP contribution in [0.1, 0.15) is 11.1 Å². The minimum absolute atomic E-state index is 0.0186. The van der Waals surface area contributed by atoms with E-state index in [4.69, 9.17) is 10.2 Å². The summed E-state index contributed by atoms with van der Waals surface area (Å²) >= 11 is 0. The molecular weight excluding hydrogens is 250 g/mol. The van der Waals surface area contributed by atoms with E-state index in [1.54, 1.807) is 13.0 Å². The Balaban J connectivity index is 2.46. The summed E-state index contributed by atoms with van der Waals surface area (Å²) in [4.78, 5) is 12.6. The summed E-state index contributed by atoms with van der Waals surface area (Å²) in [6, 6.07) is 13.2. The molecule has 2 aromatic carbocycles. The van der Waals surface area contributed by atoms with Gasteiger partial charge in [-0.25, -0.2) is 0 Å². The maximum absolute atomic E-state index is 12.6. The summed E-state index contributed by atoms with van der Waals surface area (Å²) in [5.41, 5.74) is 9.27. The highest BCUT2D eigenvalue weighted by Gasteiger charge is 2.15. The van der Waals surface area contributed by atoms with Gasteiger partial charge in [0.1, 0.15) is 5.76 Å². The van der Waals surface area contributed by atoms with E-state index in [0.29, 0.717) is 28.0 Å². The standard InChI is InChI=1S/C17H15NO2/c1-10-8-9-13(18)17-14(10)15(19)11(2)16(20-17)12-6-4-3-5-7-12/h3-9H,18H2,1-2H3. The second kappa shape index (κ2) is 4.53. The van der Waals surface area contributed by atoms with Crippen molar-refractivity contribution in [1.82, 2.24) is 0 Å². The second-order valence-corrected chi connectivity index (χ2v) is 4.93. The van der Waals surface area contributed by atoms with E-state index < -0.39 is 0 Å². The molecule has 0 aliphatic carbocycles. The Morgan fingerprint density at radius 2 is 1.70 bits per heavy atom. The number of aryl methyl sites for hydroxylation is 1. The Morgan fingerprint density at radius 3 is 2.40 bits per heavy atom. The molecule has 0 bridgehead atoms. The molecule has 0 unspecified atom stereocenters. The third-order valence-corrected chi connectivity index (χ3v) is 3.54. The summed E-state index contributed by atoms with van der Waals surface area (Å²) in [5.74, 6) is 0.584. The van der Waals surface area contributed by atoms with E-state index in [1.165, 1.54) is 0 Å². The molecular formula is C17H15NO2. The SMILES string of the molecule is Cc1c(-c2ccccc2)oc2c(N)ccc(C)c2c1=O. The van der Waals surface area contributed by atoms with E-state index >= 15 is 0 Å². The number of benzene rings is 2. The highest BCUT2D eigenvalue weighted by Crippen LogP contribution is 2.29. The van der Waals surface area contributed by atoms with E-state index in [1.807, 2.05) is 43.3 Å². The molecule has 0 aliphatic heterocycles. The average molecular weight is 265 g/mol. The van der Waals surface area contributed by atoms with Crippen molar-refractivity contribution in [2.75, 3.05) is 5.73 Å². The minimum atomic E-state index is -0.0186. The molecule has 0 amide bonds. The zero-order valence-corrected chi connectivity index (χ0v) is 11.4. The van der Waals surface area contributed by atoms with Crippen LogP contribution in [0.25, 0.3) is 22.3 Å². The van der Waals surface area contributed by atoms with Gasteiger partial charge in [0.2, 0.25) is 0 Å². The topological polar surface area (TPSA) is 56.2 Å². The molecule has 3 rings (SSSR count). The number of hydrogen-bond donors (Lipinski definition) is 1. The predicted molar refractivity (Wildman–Crippen MR) is 81.8 cm³/mol. The molecule has 0 atom stereocenters. The molecule has 3 aromatic rings. The second-order valence-electron chi connectivity index (χ2n) is 4.93. The van der Waals surface area contributed by atoms with Crippen molar-refractivity contribution in [3.63, 3.8) is 0 Å². The van der Waals surface area contributed by atoms with Gasteiger partial charge in [-0.05, 0) is 25.5 Å². The fourth-order valence-corrected chi connectivity index (χ4v) is 2.42. The normalized spacial score (nSPS) is 10.9. The van der Waals surface area contributed by atoms with Crippen LogP contribution in [0.3, 0.4) is 0 Å². The van der Waals surface area contributed by atoms with Gasteiger partial charge in [-0.2, -0.15) is 0 Å². The Kier molecular flexibility index (Phi) is 2.83. The Hall–Kier alpha value is -2.55. The van der Waals surface area contributed by atoms with Crippen molar-refractivity contribution in [3.8, 4) is 11.3 Å². The first kappa shape index (κ1) is 12.5. The molecule has 3 nitrogen and oxygen atoms in total. The number of rotatable bonds is 1. The lowest BCUT2D eigenvalue weighted by Gasteiger charge is -2.10. The summed E-state index contributed by atoms with van der Waals surface area (Å²) in [6.07, 6.45) is 0. The van der Waals surface area contributed by atoms with Gasteiger partial charge in [0.25, 0.3) is 0 Å². The van der Waals surface area contributed by atoms with Crippen LogP contribution in [0.5, 0.6) is 0 Å². The van der Waals surface area contributed by atoms with Crippen LogP contribution in [0.15, 0.2) is 51.7 Å². The van der Waals surface area contributed by atoms with E-state index in [2.05, 4.69) is 0 Å². The molecule has 2 N–H and O–H groups in total. The summed E-state index contributed by atoms with van der Waals surface area (Å²) in [7, 11) is 0. The van der Waals surface area contributed by atoms with Gasteiger partial charge in [-0.1, -0.05) is 36.4 Å². The maximum Gasteiger partial charge on any atom is 0.196 e. The number of fused-ring (bicyclic) bond motifs is 1. The van der Waals surface area contributed by atoms with Gasteiger partial charge >= 0.3 is 0 Å². The molecule has 3 heteroatoms. The first-order valence-electron chi connectivity index (χ1n) is 6.47. The Labute approximate surface area is 116 Å². The van der Waals surface area contributed by atoms with Crippen LogP contribution >= 0.6 is 0 Å². The monoisotopic (exact) mass is 265 g/mol. The third-order valence-electron chi connectivity index (χ3n) is 3.54. The fourth-order valence-electron chi connectivity index (χ4n) is 2.42. The molecule has 0 radical (unpaired) electrons. The zero-order chi connectivity index (χ0) is 14.3. The molecule has 1 heterocycles. The van der Waals surface area contributed by atoms with Gasteiger partial charge in [-0.3, -0.25) is 4.79 Å². The van der Waals surface area contributed by atoms with Crippen LogP contribution in [0, 0.1) is 13.8 Å². The first-order valence-corrected chi connectivity index (χ1v) is 6.47. The molecule has 1 aromatic heterocycles. The summed E-state index contributed by atoms with van der Waals surface area (Å²) in [6.45, 7) is 3.68. The lowest BCUT2D eigenvalue weighted by molar-refractivity contribution is 0.615. The van der Waals surface area contributed by atoms with Crippen molar-refractivity contribution in [1.29, 1.82) is 0 Å². The van der Waals surface area contributed by atoms with Crippen molar-refractivity contribution >= 4 is 16.7 Å². The van der Waals surface area contributed by atoms with Crippen molar-refractivity contribution < 1.29 is 4.42 Å². The zero-order valence-electron chi connectivity index (χ0n) is 11.4. The molecule has 100 valence electrons. The van der Waals surface area contributed by atoms with E-state index in [0.717, 1.165) is 11.1 Å². The summed E-state index contributed by atoms with van der Waals surface area (Å²) in [5, 5.41) is 0.571. The minimum Gasteiger partial charge on any atom is -0.453 e. The van der Waals surface area contributed by atoms with Crippen molar-refractivity contribution in [2.24, 2.45) is 0 Å². The van der Waals surface area contributed by atoms with Crippen LogP contribution < -0.4 is 11.2 Å². The average Bonchev–Trinajstić information content (AvgIpc) is 2.47. The predicted octanol–water partition coefficient (Wildman–Crippen LogP) is 3.66. The fraction of sp³-hybridized carbons (Fsp3) is 0.118. The number of nitrogen functional groups attached to an aromatic ring is 1. The van der Waals surface area contributed by atoms with Crippen LogP contribution in [-0.2, 0) is 0 Å².